The third kappa shape index (κ3) is 2.81. The number of hydrogen-bond donors (Lipinski definition) is 0. The van der Waals surface area contributed by atoms with Crippen LogP contribution in [-0.4, -0.2) is 10.8 Å². The van der Waals surface area contributed by atoms with E-state index in [4.69, 9.17) is 0 Å². The van der Waals surface area contributed by atoms with E-state index >= 15 is 0 Å². The summed E-state index contributed by atoms with van der Waals surface area (Å²) in [5.74, 6) is 0.115. The summed E-state index contributed by atoms with van der Waals surface area (Å²) in [7, 11) is 0. The van der Waals surface area contributed by atoms with Gasteiger partial charge in [0.25, 0.3) is 0 Å². The lowest BCUT2D eigenvalue weighted by Crippen LogP contribution is -2.03. The second kappa shape index (κ2) is 5.46. The van der Waals surface area contributed by atoms with Crippen LogP contribution in [0.2, 0.25) is 0 Å². The number of aromatic nitrogens is 1. The molecular formula is C16H12BrNOS. The fraction of sp³-hybridized carbons (Fsp3) is 0.125. The zero-order valence-electron chi connectivity index (χ0n) is 10.9. The molecule has 0 atom stereocenters. The molecule has 0 spiro atoms. The topological polar surface area (TPSA) is 30.0 Å². The van der Waals surface area contributed by atoms with Gasteiger partial charge >= 0.3 is 0 Å². The summed E-state index contributed by atoms with van der Waals surface area (Å²) >= 11 is 4.99. The summed E-state index contributed by atoms with van der Waals surface area (Å²) in [6, 6.07) is 11.9. The van der Waals surface area contributed by atoms with Crippen LogP contribution in [0.15, 0.2) is 46.3 Å². The minimum absolute atomic E-state index is 0.115. The van der Waals surface area contributed by atoms with Crippen LogP contribution in [0.3, 0.4) is 0 Å². The molecule has 0 radical (unpaired) electrons. The predicted octanol–water partition coefficient (Wildman–Crippen LogP) is 4.79. The second-order valence-corrected chi connectivity index (χ2v) is 6.55. The standard InChI is InChI=1S/C16H12BrNOS/c1-10-9-20-16(18-10)8-15(19)13-3-2-12-7-14(17)5-4-11(12)6-13/h2-7,9H,8H2,1H3. The van der Waals surface area contributed by atoms with Crippen molar-refractivity contribution in [1.29, 1.82) is 0 Å². The Morgan fingerprint density at radius 1 is 1.20 bits per heavy atom. The van der Waals surface area contributed by atoms with Gasteiger partial charge in [0.05, 0.1) is 6.42 Å². The first-order valence-electron chi connectivity index (χ1n) is 6.25. The molecule has 0 unspecified atom stereocenters. The lowest BCUT2D eigenvalue weighted by Gasteiger charge is -2.03. The first-order chi connectivity index (χ1) is 9.61. The Balaban J connectivity index is 1.89. The van der Waals surface area contributed by atoms with E-state index in [1.807, 2.05) is 48.7 Å². The fourth-order valence-electron chi connectivity index (χ4n) is 2.11. The van der Waals surface area contributed by atoms with E-state index in [9.17, 15) is 4.79 Å². The van der Waals surface area contributed by atoms with Crippen molar-refractivity contribution in [3.63, 3.8) is 0 Å². The molecule has 0 aliphatic rings. The molecular weight excluding hydrogens is 334 g/mol. The largest absolute Gasteiger partial charge is 0.294 e. The van der Waals surface area contributed by atoms with Crippen molar-refractivity contribution >= 4 is 43.8 Å². The molecule has 3 aromatic rings. The van der Waals surface area contributed by atoms with E-state index < -0.39 is 0 Å². The minimum Gasteiger partial charge on any atom is -0.294 e. The number of carbonyl (C=O) groups excluding carboxylic acids is 1. The van der Waals surface area contributed by atoms with Crippen LogP contribution in [0.25, 0.3) is 10.8 Å². The van der Waals surface area contributed by atoms with Gasteiger partial charge in [-0.3, -0.25) is 4.79 Å². The average molecular weight is 346 g/mol. The highest BCUT2D eigenvalue weighted by Gasteiger charge is 2.10. The van der Waals surface area contributed by atoms with Crippen molar-refractivity contribution in [1.82, 2.24) is 4.98 Å². The molecule has 0 aliphatic heterocycles. The first kappa shape index (κ1) is 13.5. The quantitative estimate of drug-likeness (QED) is 0.638. The molecule has 1 heterocycles. The molecule has 0 saturated carbocycles. The summed E-state index contributed by atoms with van der Waals surface area (Å²) in [5, 5.41) is 5.05. The number of aryl methyl sites for hydroxylation is 1. The van der Waals surface area contributed by atoms with Gasteiger partial charge < -0.3 is 0 Å². The van der Waals surface area contributed by atoms with E-state index in [1.54, 1.807) is 0 Å². The lowest BCUT2D eigenvalue weighted by atomic mass is 10.0. The molecule has 1 aromatic heterocycles. The first-order valence-corrected chi connectivity index (χ1v) is 7.92. The van der Waals surface area contributed by atoms with Crippen LogP contribution < -0.4 is 0 Å². The normalized spacial score (nSPS) is 10.9. The van der Waals surface area contributed by atoms with E-state index in [0.717, 1.165) is 31.5 Å². The number of carbonyl (C=O) groups is 1. The Labute approximate surface area is 129 Å². The molecule has 0 amide bonds. The Morgan fingerprint density at radius 2 is 1.95 bits per heavy atom. The maximum absolute atomic E-state index is 12.3. The zero-order chi connectivity index (χ0) is 14.1. The van der Waals surface area contributed by atoms with Crippen molar-refractivity contribution < 1.29 is 4.79 Å². The Hall–Kier alpha value is -1.52. The van der Waals surface area contributed by atoms with Gasteiger partial charge in [-0.05, 0) is 35.9 Å². The van der Waals surface area contributed by atoms with Crippen molar-refractivity contribution in [2.24, 2.45) is 0 Å². The third-order valence-corrected chi connectivity index (χ3v) is 4.56. The van der Waals surface area contributed by atoms with Gasteiger partial charge in [0.15, 0.2) is 5.78 Å². The Bertz CT molecular complexity index is 794. The van der Waals surface area contributed by atoms with Crippen LogP contribution in [-0.2, 0) is 6.42 Å². The second-order valence-electron chi connectivity index (χ2n) is 4.69. The molecule has 0 fully saturated rings. The van der Waals surface area contributed by atoms with Gasteiger partial charge in [-0.15, -0.1) is 11.3 Å². The average Bonchev–Trinajstić information content (AvgIpc) is 2.83. The monoisotopic (exact) mass is 345 g/mol. The van der Waals surface area contributed by atoms with Crippen LogP contribution >= 0.6 is 27.3 Å². The molecule has 4 heteroatoms. The van der Waals surface area contributed by atoms with Gasteiger partial charge in [-0.2, -0.15) is 0 Å². The molecule has 2 nitrogen and oxygen atoms in total. The number of rotatable bonds is 3. The van der Waals surface area contributed by atoms with E-state index in [2.05, 4.69) is 20.9 Å². The third-order valence-electron chi connectivity index (χ3n) is 3.10. The highest BCUT2D eigenvalue weighted by Crippen LogP contribution is 2.22. The summed E-state index contributed by atoms with van der Waals surface area (Å²) < 4.78 is 1.04. The smallest absolute Gasteiger partial charge is 0.169 e. The highest BCUT2D eigenvalue weighted by molar-refractivity contribution is 9.10. The van der Waals surface area contributed by atoms with Crippen molar-refractivity contribution in [2.75, 3.05) is 0 Å². The molecule has 100 valence electrons. The van der Waals surface area contributed by atoms with Crippen LogP contribution in [0.1, 0.15) is 21.1 Å². The SMILES string of the molecule is Cc1csc(CC(=O)c2ccc3cc(Br)ccc3c2)n1. The van der Waals surface area contributed by atoms with Crippen molar-refractivity contribution in [3.05, 3.63) is 62.5 Å². The number of fused-ring (bicyclic) bond motifs is 1. The molecule has 0 N–H and O–H groups in total. The number of nitrogens with zero attached hydrogens (tertiary/aromatic N) is 1. The predicted molar refractivity (Wildman–Crippen MR) is 86.5 cm³/mol. The lowest BCUT2D eigenvalue weighted by molar-refractivity contribution is 0.0993. The van der Waals surface area contributed by atoms with Gasteiger partial charge in [-0.25, -0.2) is 4.98 Å². The maximum atomic E-state index is 12.3. The summed E-state index contributed by atoms with van der Waals surface area (Å²) in [4.78, 5) is 16.6. The molecule has 20 heavy (non-hydrogen) atoms. The molecule has 0 saturated heterocycles. The van der Waals surface area contributed by atoms with Gasteiger partial charge in [0.2, 0.25) is 0 Å². The number of hydrogen-bond acceptors (Lipinski definition) is 3. The highest BCUT2D eigenvalue weighted by atomic mass is 79.9. The van der Waals surface area contributed by atoms with Gasteiger partial charge in [0, 0.05) is 21.1 Å². The van der Waals surface area contributed by atoms with Crippen LogP contribution in [0.4, 0.5) is 0 Å². The van der Waals surface area contributed by atoms with E-state index in [0.29, 0.717) is 6.42 Å². The van der Waals surface area contributed by atoms with Crippen molar-refractivity contribution in [3.8, 4) is 0 Å². The molecule has 0 bridgehead atoms. The number of thiazole rings is 1. The molecule has 0 aliphatic carbocycles. The maximum Gasteiger partial charge on any atom is 0.169 e. The number of Topliss-reactive ketones (excluding diaryl/α,β-unsaturated/α-hetero) is 1. The van der Waals surface area contributed by atoms with Gasteiger partial charge in [-0.1, -0.05) is 34.1 Å². The van der Waals surface area contributed by atoms with Crippen LogP contribution in [0, 0.1) is 6.92 Å². The van der Waals surface area contributed by atoms with Crippen LogP contribution in [0.5, 0.6) is 0 Å². The summed E-state index contributed by atoms with van der Waals surface area (Å²) in [6.07, 6.45) is 0.376. The molecule has 2 aromatic carbocycles. The number of ketones is 1. The summed E-state index contributed by atoms with van der Waals surface area (Å²) in [6.45, 7) is 1.94. The zero-order valence-corrected chi connectivity index (χ0v) is 13.3. The van der Waals surface area contributed by atoms with E-state index in [-0.39, 0.29) is 5.78 Å². The Morgan fingerprint density at radius 3 is 2.70 bits per heavy atom. The number of benzene rings is 2. The fourth-order valence-corrected chi connectivity index (χ4v) is 3.26. The minimum atomic E-state index is 0.115. The van der Waals surface area contributed by atoms with Crippen molar-refractivity contribution in [2.45, 2.75) is 13.3 Å². The molecule has 3 rings (SSSR count). The Kier molecular flexibility index (Phi) is 3.68. The van der Waals surface area contributed by atoms with E-state index in [1.165, 1.54) is 11.3 Å². The summed E-state index contributed by atoms with van der Waals surface area (Å²) in [5.41, 5.74) is 1.72. The van der Waals surface area contributed by atoms with Gasteiger partial charge in [0.1, 0.15) is 5.01 Å². The number of halogens is 1.